The van der Waals surface area contributed by atoms with Crippen molar-refractivity contribution >= 4 is 27.8 Å². The smallest absolute Gasteiger partial charge is 0.341 e. The fourth-order valence-electron chi connectivity index (χ4n) is 3.54. The van der Waals surface area contributed by atoms with E-state index in [1.54, 1.807) is 43.6 Å². The van der Waals surface area contributed by atoms with Gasteiger partial charge in [-0.3, -0.25) is 0 Å². The normalized spacial score (nSPS) is 11.4. The van der Waals surface area contributed by atoms with Crippen LogP contribution in [0.2, 0.25) is 0 Å². The summed E-state index contributed by atoms with van der Waals surface area (Å²) in [6.45, 7) is 4.17. The maximum absolute atomic E-state index is 13.5. The first kappa shape index (κ1) is 27.5. The first-order chi connectivity index (χ1) is 17.2. The van der Waals surface area contributed by atoms with Crippen LogP contribution in [0.15, 0.2) is 70.6 Å². The maximum Gasteiger partial charge on any atom is 0.341 e. The van der Waals surface area contributed by atoms with E-state index in [1.807, 2.05) is 38.1 Å². The van der Waals surface area contributed by atoms with Gasteiger partial charge in [0.25, 0.3) is 0 Å². The lowest BCUT2D eigenvalue weighted by atomic mass is 10.1. The molecule has 0 spiro atoms. The average molecular weight is 531 g/mol. The lowest BCUT2D eigenvalue weighted by Gasteiger charge is -2.22. The molecule has 0 atom stereocenters. The second kappa shape index (κ2) is 12.8. The summed E-state index contributed by atoms with van der Waals surface area (Å²) in [5, 5.41) is 8.78. The molecule has 192 valence electrons. The fraction of sp³-hybridized carbons (Fsp3) is 0.308. The Kier molecular flexibility index (Phi) is 9.74. The number of benzene rings is 2. The molecule has 10 heteroatoms. The van der Waals surface area contributed by atoms with Crippen molar-refractivity contribution in [1.82, 2.24) is 9.29 Å². The summed E-state index contributed by atoms with van der Waals surface area (Å²) in [4.78, 5) is 16.1. The maximum atomic E-state index is 13.5. The van der Waals surface area contributed by atoms with Crippen LogP contribution < -0.4 is 9.47 Å². The van der Waals surface area contributed by atoms with E-state index >= 15 is 0 Å². The van der Waals surface area contributed by atoms with Gasteiger partial charge < -0.3 is 14.6 Å². The molecule has 8 nitrogen and oxygen atoms in total. The van der Waals surface area contributed by atoms with Crippen LogP contribution in [0, 0.1) is 6.92 Å². The van der Waals surface area contributed by atoms with Gasteiger partial charge in [-0.2, -0.15) is 4.31 Å². The Morgan fingerprint density at radius 3 is 2.53 bits per heavy atom. The molecule has 0 aliphatic carbocycles. The Bertz CT molecular complexity index is 1280. The van der Waals surface area contributed by atoms with Gasteiger partial charge in [-0.15, -0.1) is 11.8 Å². The minimum absolute atomic E-state index is 0.241. The van der Waals surface area contributed by atoms with E-state index in [1.165, 1.54) is 16.1 Å². The zero-order valence-corrected chi connectivity index (χ0v) is 22.1. The monoisotopic (exact) mass is 530 g/mol. The fourth-order valence-corrected chi connectivity index (χ4v) is 6.20. The molecule has 2 aromatic carbocycles. The summed E-state index contributed by atoms with van der Waals surface area (Å²) in [7, 11) is -2.15. The summed E-state index contributed by atoms with van der Waals surface area (Å²) >= 11 is 1.54. The molecule has 0 aliphatic rings. The number of methoxy groups -OCH3 is 1. The number of aryl methyl sites for hydroxylation is 1. The lowest BCUT2D eigenvalue weighted by Crippen LogP contribution is -2.33. The van der Waals surface area contributed by atoms with Gasteiger partial charge >= 0.3 is 5.97 Å². The number of sulfonamides is 1. The Morgan fingerprint density at radius 2 is 1.89 bits per heavy atom. The van der Waals surface area contributed by atoms with E-state index in [2.05, 4.69) is 4.98 Å². The highest BCUT2D eigenvalue weighted by Crippen LogP contribution is 2.28. The van der Waals surface area contributed by atoms with Gasteiger partial charge in [-0.25, -0.2) is 18.2 Å². The number of aromatic nitrogens is 1. The van der Waals surface area contributed by atoms with Crippen LogP contribution in [0.1, 0.15) is 18.9 Å². The summed E-state index contributed by atoms with van der Waals surface area (Å²) < 4.78 is 38.9. The number of carbonyl (C=O) groups is 1. The Hall–Kier alpha value is -3.08. The zero-order chi connectivity index (χ0) is 26.1. The van der Waals surface area contributed by atoms with Crippen LogP contribution in [0.3, 0.4) is 0 Å². The molecule has 1 aromatic heterocycles. The van der Waals surface area contributed by atoms with Crippen molar-refractivity contribution in [2.75, 3.05) is 32.6 Å². The third-order valence-corrected chi connectivity index (χ3v) is 8.20. The number of thioether (sulfide) groups is 1. The second-order valence-corrected chi connectivity index (χ2v) is 11.1. The first-order valence-corrected chi connectivity index (χ1v) is 13.9. The SMILES string of the molecule is CCCN(CCSc1ccc(OCC(=O)O)c(C)c1)S(=O)(=O)c1cccc(-c2ccc(OC)nc2)c1. The van der Waals surface area contributed by atoms with Crippen LogP contribution >= 0.6 is 11.8 Å². The van der Waals surface area contributed by atoms with Crippen LogP contribution in [0.25, 0.3) is 11.1 Å². The molecule has 0 fully saturated rings. The number of rotatable bonds is 13. The predicted octanol–water partition coefficient (Wildman–Crippen LogP) is 4.72. The van der Waals surface area contributed by atoms with Gasteiger partial charge in [-0.05, 0) is 60.9 Å². The molecule has 36 heavy (non-hydrogen) atoms. The van der Waals surface area contributed by atoms with Gasteiger partial charge in [0.2, 0.25) is 15.9 Å². The lowest BCUT2D eigenvalue weighted by molar-refractivity contribution is -0.139. The number of carboxylic acid groups (broad SMARTS) is 1. The quantitative estimate of drug-likeness (QED) is 0.317. The van der Waals surface area contributed by atoms with Crippen molar-refractivity contribution in [2.24, 2.45) is 0 Å². The van der Waals surface area contributed by atoms with Gasteiger partial charge in [-0.1, -0.05) is 19.1 Å². The van der Waals surface area contributed by atoms with Crippen LogP contribution in [0.4, 0.5) is 0 Å². The molecule has 0 radical (unpaired) electrons. The number of carboxylic acids is 1. The summed E-state index contributed by atoms with van der Waals surface area (Å²) in [5.74, 6) is 0.544. The van der Waals surface area contributed by atoms with E-state index in [-0.39, 0.29) is 4.90 Å². The molecular weight excluding hydrogens is 500 g/mol. The number of pyridine rings is 1. The number of nitrogens with zero attached hydrogens (tertiary/aromatic N) is 2. The first-order valence-electron chi connectivity index (χ1n) is 11.4. The van der Waals surface area contributed by atoms with Crippen LogP contribution in [0.5, 0.6) is 11.6 Å². The predicted molar refractivity (Wildman–Crippen MR) is 140 cm³/mol. The van der Waals surface area contributed by atoms with Crippen molar-refractivity contribution in [3.05, 3.63) is 66.4 Å². The molecule has 0 saturated heterocycles. The van der Waals surface area contributed by atoms with Crippen molar-refractivity contribution in [2.45, 2.75) is 30.1 Å². The molecule has 3 aromatic rings. The van der Waals surface area contributed by atoms with Crippen LogP contribution in [-0.2, 0) is 14.8 Å². The van der Waals surface area contributed by atoms with E-state index in [9.17, 15) is 13.2 Å². The summed E-state index contributed by atoms with van der Waals surface area (Å²) in [6, 6.07) is 16.0. The summed E-state index contributed by atoms with van der Waals surface area (Å²) in [6.07, 6.45) is 2.35. The molecule has 3 rings (SSSR count). The number of hydrogen-bond donors (Lipinski definition) is 1. The van der Waals surface area contributed by atoms with Gasteiger partial charge in [0, 0.05) is 41.6 Å². The molecule has 0 amide bonds. The molecule has 1 N–H and O–H groups in total. The second-order valence-electron chi connectivity index (χ2n) is 7.98. The zero-order valence-electron chi connectivity index (χ0n) is 20.5. The number of ether oxygens (including phenoxy) is 2. The van der Waals surface area contributed by atoms with E-state index < -0.39 is 22.6 Å². The average Bonchev–Trinajstić information content (AvgIpc) is 2.87. The minimum atomic E-state index is -3.69. The number of hydrogen-bond acceptors (Lipinski definition) is 7. The topological polar surface area (TPSA) is 106 Å². The van der Waals surface area contributed by atoms with E-state index in [0.717, 1.165) is 21.6 Å². The van der Waals surface area contributed by atoms with Crippen molar-refractivity contribution in [3.8, 4) is 22.8 Å². The van der Waals surface area contributed by atoms with E-state index in [0.29, 0.717) is 36.9 Å². The third kappa shape index (κ3) is 7.22. The van der Waals surface area contributed by atoms with Gasteiger partial charge in [0.05, 0.1) is 12.0 Å². The van der Waals surface area contributed by atoms with Crippen molar-refractivity contribution in [1.29, 1.82) is 0 Å². The summed E-state index contributed by atoms with van der Waals surface area (Å²) in [5.41, 5.74) is 2.39. The molecule has 0 aliphatic heterocycles. The molecular formula is C26H30N2O6S2. The van der Waals surface area contributed by atoms with E-state index in [4.69, 9.17) is 14.6 Å². The third-order valence-electron chi connectivity index (χ3n) is 5.33. The highest BCUT2D eigenvalue weighted by atomic mass is 32.2. The molecule has 1 heterocycles. The molecule has 0 saturated carbocycles. The van der Waals surface area contributed by atoms with Gasteiger partial charge in [0.1, 0.15) is 5.75 Å². The largest absolute Gasteiger partial charge is 0.482 e. The van der Waals surface area contributed by atoms with Crippen molar-refractivity contribution < 1.29 is 27.8 Å². The van der Waals surface area contributed by atoms with Crippen molar-refractivity contribution in [3.63, 3.8) is 0 Å². The Labute approximate surface area is 216 Å². The Balaban J connectivity index is 1.70. The highest BCUT2D eigenvalue weighted by Gasteiger charge is 2.24. The number of aliphatic carboxylic acids is 1. The Morgan fingerprint density at radius 1 is 1.08 bits per heavy atom. The van der Waals surface area contributed by atoms with Gasteiger partial charge in [0.15, 0.2) is 6.61 Å². The molecule has 0 unspecified atom stereocenters. The standard InChI is InChI=1S/C26H30N2O6S2/c1-4-12-28(13-14-35-22-9-10-24(19(2)15-22)34-18-26(29)30)36(31,32)23-7-5-6-20(16-23)21-8-11-25(33-3)27-17-21/h5-11,15-17H,4,12-14,18H2,1-3H3,(H,29,30). The molecule has 0 bridgehead atoms. The highest BCUT2D eigenvalue weighted by molar-refractivity contribution is 7.99. The van der Waals surface area contributed by atoms with Crippen LogP contribution in [-0.4, -0.2) is 61.3 Å². The minimum Gasteiger partial charge on any atom is -0.482 e.